The fraction of sp³-hybridized carbons (Fsp3) is 0.333. The molecular weight excluding hydrogens is 248 g/mol. The SMILES string of the molecule is C=CCS(=O)(=O)O.C=CCS(=O)(=O)O.O. The molecule has 0 aromatic carbocycles. The Morgan fingerprint density at radius 1 is 0.867 bits per heavy atom. The van der Waals surface area contributed by atoms with E-state index in [1.54, 1.807) is 0 Å². The smallest absolute Gasteiger partial charge is 0.268 e. The summed E-state index contributed by atoms with van der Waals surface area (Å²) in [4.78, 5) is 0. The van der Waals surface area contributed by atoms with Crippen LogP contribution in [0, 0.1) is 0 Å². The molecule has 0 amide bonds. The summed E-state index contributed by atoms with van der Waals surface area (Å²) >= 11 is 0. The molecule has 7 nitrogen and oxygen atoms in total. The zero-order valence-electron chi connectivity index (χ0n) is 7.83. The highest BCUT2D eigenvalue weighted by Crippen LogP contribution is 1.78. The molecule has 92 valence electrons. The van der Waals surface area contributed by atoms with Crippen LogP contribution in [-0.2, 0) is 20.2 Å². The maximum atomic E-state index is 9.72. The molecule has 9 heteroatoms. The molecule has 0 aliphatic rings. The fourth-order valence-electron chi connectivity index (χ4n) is 0.298. The van der Waals surface area contributed by atoms with Gasteiger partial charge in [0.1, 0.15) is 0 Å². The average molecular weight is 262 g/mol. The summed E-state index contributed by atoms with van der Waals surface area (Å²) in [6.07, 6.45) is 2.24. The third-order valence-electron chi connectivity index (χ3n) is 0.657. The van der Waals surface area contributed by atoms with E-state index in [-0.39, 0.29) is 17.0 Å². The lowest BCUT2D eigenvalue weighted by Gasteiger charge is -1.82. The first-order valence-electron chi connectivity index (χ1n) is 3.24. The third-order valence-corrected chi connectivity index (χ3v) is 1.97. The van der Waals surface area contributed by atoms with Crippen LogP contribution in [0.15, 0.2) is 25.3 Å². The molecule has 15 heavy (non-hydrogen) atoms. The summed E-state index contributed by atoms with van der Waals surface area (Å²) in [7, 11) is -7.58. The van der Waals surface area contributed by atoms with Gasteiger partial charge in [0, 0.05) is 0 Å². The maximum Gasteiger partial charge on any atom is 0.268 e. The van der Waals surface area contributed by atoms with Crippen molar-refractivity contribution in [3.05, 3.63) is 25.3 Å². The van der Waals surface area contributed by atoms with Gasteiger partial charge in [-0.05, 0) is 0 Å². The Morgan fingerprint density at radius 3 is 1.07 bits per heavy atom. The average Bonchev–Trinajstić information content (AvgIpc) is 1.81. The molecule has 0 aliphatic heterocycles. The van der Waals surface area contributed by atoms with E-state index in [1.807, 2.05) is 0 Å². The second kappa shape index (κ2) is 8.56. The molecule has 0 spiro atoms. The van der Waals surface area contributed by atoms with Crippen LogP contribution in [-0.4, -0.2) is 42.9 Å². The Kier molecular flexibility index (Phi) is 11.3. The summed E-state index contributed by atoms with van der Waals surface area (Å²) in [6.45, 7) is 6.21. The first-order chi connectivity index (χ1) is 6.12. The lowest BCUT2D eigenvalue weighted by Crippen LogP contribution is -1.99. The molecule has 0 atom stereocenters. The predicted octanol–water partition coefficient (Wildman–Crippen LogP) is -0.704. The molecule has 0 aliphatic carbocycles. The van der Waals surface area contributed by atoms with Crippen LogP contribution in [0.4, 0.5) is 0 Å². The van der Waals surface area contributed by atoms with Crippen molar-refractivity contribution >= 4 is 20.2 Å². The molecule has 0 rings (SSSR count). The van der Waals surface area contributed by atoms with E-state index in [4.69, 9.17) is 9.11 Å². The minimum atomic E-state index is -3.79. The van der Waals surface area contributed by atoms with E-state index in [1.165, 1.54) is 0 Å². The van der Waals surface area contributed by atoms with Gasteiger partial charge in [-0.3, -0.25) is 9.11 Å². The molecule has 0 aromatic heterocycles. The highest BCUT2D eigenvalue weighted by molar-refractivity contribution is 7.86. The van der Waals surface area contributed by atoms with Crippen LogP contribution in [0.5, 0.6) is 0 Å². The molecule has 4 N–H and O–H groups in total. The monoisotopic (exact) mass is 262 g/mol. The topological polar surface area (TPSA) is 140 Å². The van der Waals surface area contributed by atoms with Gasteiger partial charge in [0.05, 0.1) is 11.5 Å². The van der Waals surface area contributed by atoms with Crippen molar-refractivity contribution in [3.8, 4) is 0 Å². The van der Waals surface area contributed by atoms with Crippen LogP contribution >= 0.6 is 0 Å². The number of hydrogen-bond acceptors (Lipinski definition) is 4. The van der Waals surface area contributed by atoms with E-state index >= 15 is 0 Å². The maximum absolute atomic E-state index is 9.72. The molecular formula is C6H14O7S2. The largest absolute Gasteiger partial charge is 0.412 e. The molecule has 0 aromatic rings. The normalized spacial score (nSPS) is 10.3. The van der Waals surface area contributed by atoms with Gasteiger partial charge >= 0.3 is 0 Å². The Balaban J connectivity index is -0.000000180. The molecule has 0 bridgehead atoms. The number of hydrogen-bond donors (Lipinski definition) is 2. The lowest BCUT2D eigenvalue weighted by atomic mass is 10.8. The molecule has 0 saturated heterocycles. The van der Waals surface area contributed by atoms with Crippen molar-refractivity contribution < 1.29 is 31.4 Å². The van der Waals surface area contributed by atoms with Crippen LogP contribution < -0.4 is 0 Å². The van der Waals surface area contributed by atoms with Crippen LogP contribution in [0.3, 0.4) is 0 Å². The van der Waals surface area contributed by atoms with Gasteiger partial charge in [0.25, 0.3) is 20.2 Å². The van der Waals surface area contributed by atoms with Crippen LogP contribution in [0.25, 0.3) is 0 Å². The standard InChI is InChI=1S/2C3H6O3S.H2O/c2*1-2-3-7(4,5)6;/h2*2H,1,3H2,(H,4,5,6);1H2. The van der Waals surface area contributed by atoms with Crippen molar-refractivity contribution in [1.82, 2.24) is 0 Å². The second-order valence-electron chi connectivity index (χ2n) is 2.07. The third kappa shape index (κ3) is 31.9. The van der Waals surface area contributed by atoms with Gasteiger partial charge < -0.3 is 5.48 Å². The van der Waals surface area contributed by atoms with Crippen molar-refractivity contribution in [2.75, 3.05) is 11.5 Å². The zero-order chi connectivity index (χ0) is 11.8. The first-order valence-corrected chi connectivity index (χ1v) is 6.46. The minimum absolute atomic E-state index is 0. The van der Waals surface area contributed by atoms with Crippen molar-refractivity contribution in [1.29, 1.82) is 0 Å². The predicted molar refractivity (Wildman–Crippen MR) is 56.8 cm³/mol. The summed E-state index contributed by atoms with van der Waals surface area (Å²) in [5.74, 6) is -0.736. The summed E-state index contributed by atoms with van der Waals surface area (Å²) < 4.78 is 54.7. The van der Waals surface area contributed by atoms with Gasteiger partial charge in [0.2, 0.25) is 0 Å². The summed E-state index contributed by atoms with van der Waals surface area (Å²) in [5.41, 5.74) is 0. The fourth-order valence-corrected chi connectivity index (χ4v) is 0.894. The van der Waals surface area contributed by atoms with Gasteiger partial charge in [-0.1, -0.05) is 12.2 Å². The van der Waals surface area contributed by atoms with Crippen molar-refractivity contribution in [3.63, 3.8) is 0 Å². The Labute approximate surface area is 88.9 Å². The Bertz CT molecular complexity index is 326. The summed E-state index contributed by atoms with van der Waals surface area (Å²) in [5, 5.41) is 0. The summed E-state index contributed by atoms with van der Waals surface area (Å²) in [6, 6.07) is 0. The Morgan fingerprint density at radius 2 is 1.07 bits per heavy atom. The molecule has 0 unspecified atom stereocenters. The van der Waals surface area contributed by atoms with Crippen molar-refractivity contribution in [2.45, 2.75) is 0 Å². The van der Waals surface area contributed by atoms with Crippen LogP contribution in [0.1, 0.15) is 0 Å². The van der Waals surface area contributed by atoms with E-state index in [9.17, 15) is 16.8 Å². The minimum Gasteiger partial charge on any atom is -0.412 e. The lowest BCUT2D eigenvalue weighted by molar-refractivity contribution is 0.484. The Hall–Kier alpha value is -0.740. The van der Waals surface area contributed by atoms with Gasteiger partial charge in [-0.15, -0.1) is 13.2 Å². The molecule has 0 saturated carbocycles. The quantitative estimate of drug-likeness (QED) is 0.506. The van der Waals surface area contributed by atoms with Crippen LogP contribution in [0.2, 0.25) is 0 Å². The van der Waals surface area contributed by atoms with Gasteiger partial charge in [0.15, 0.2) is 0 Å². The molecule has 0 heterocycles. The zero-order valence-corrected chi connectivity index (χ0v) is 9.46. The highest BCUT2D eigenvalue weighted by atomic mass is 32.2. The highest BCUT2D eigenvalue weighted by Gasteiger charge is 1.96. The van der Waals surface area contributed by atoms with Gasteiger partial charge in [-0.2, -0.15) is 16.8 Å². The molecule has 0 radical (unpaired) electrons. The van der Waals surface area contributed by atoms with Gasteiger partial charge in [-0.25, -0.2) is 0 Å². The first kappa shape index (κ1) is 19.8. The second-order valence-corrected chi connectivity index (χ2v) is 5.07. The van der Waals surface area contributed by atoms with E-state index in [0.29, 0.717) is 0 Å². The van der Waals surface area contributed by atoms with E-state index in [0.717, 1.165) is 12.2 Å². The van der Waals surface area contributed by atoms with Crippen molar-refractivity contribution in [2.24, 2.45) is 0 Å². The van der Waals surface area contributed by atoms with E-state index < -0.39 is 20.2 Å². The molecule has 0 fully saturated rings. The number of rotatable bonds is 4. The van der Waals surface area contributed by atoms with E-state index in [2.05, 4.69) is 13.2 Å².